The number of amidine groups is 1. The number of hydrogen-bond acceptors (Lipinski definition) is 8. The number of anilines is 1. The van der Waals surface area contributed by atoms with Gasteiger partial charge in [0.1, 0.15) is 0 Å². The van der Waals surface area contributed by atoms with Gasteiger partial charge in [-0.3, -0.25) is 14.6 Å². The highest BCUT2D eigenvalue weighted by atomic mass is 32.2. The summed E-state index contributed by atoms with van der Waals surface area (Å²) in [5.41, 5.74) is 4.55. The highest BCUT2D eigenvalue weighted by Crippen LogP contribution is 2.47. The van der Waals surface area contributed by atoms with Crippen LogP contribution in [-0.4, -0.2) is 41.8 Å². The molecule has 1 aliphatic carbocycles. The zero-order valence-electron chi connectivity index (χ0n) is 22.2. The number of nitrogens with zero attached hydrogens (tertiary/aromatic N) is 4. The van der Waals surface area contributed by atoms with E-state index in [1.165, 1.54) is 22.6 Å². The van der Waals surface area contributed by atoms with E-state index in [1.807, 2.05) is 17.1 Å². The third kappa shape index (κ3) is 4.67. The molecular formula is C31H24N4O4S3. The molecule has 8 nitrogen and oxygen atoms in total. The van der Waals surface area contributed by atoms with Gasteiger partial charge in [0.25, 0.3) is 15.9 Å². The first-order chi connectivity index (χ1) is 20.4. The van der Waals surface area contributed by atoms with E-state index in [4.69, 9.17) is 5.10 Å². The normalized spacial score (nSPS) is 20.9. The lowest BCUT2D eigenvalue weighted by Gasteiger charge is -2.27. The first kappa shape index (κ1) is 26.8. The van der Waals surface area contributed by atoms with Gasteiger partial charge in [-0.05, 0) is 59.8 Å². The van der Waals surface area contributed by atoms with Crippen molar-refractivity contribution in [2.75, 3.05) is 10.8 Å². The number of carbonyl (C=O) groups excluding carboxylic acids is 2. The Bertz CT molecular complexity index is 1850. The molecule has 7 rings (SSSR count). The van der Waals surface area contributed by atoms with E-state index in [1.54, 1.807) is 53.8 Å². The Morgan fingerprint density at radius 2 is 1.69 bits per heavy atom. The molecule has 0 bridgehead atoms. The molecular weight excluding hydrogens is 589 g/mol. The van der Waals surface area contributed by atoms with Gasteiger partial charge in [0.2, 0.25) is 5.91 Å². The summed E-state index contributed by atoms with van der Waals surface area (Å²) < 4.78 is 30.8. The molecule has 210 valence electrons. The molecule has 2 atom stereocenters. The lowest BCUT2D eigenvalue weighted by atomic mass is 9.94. The number of sulfonamides is 1. The fourth-order valence-electron chi connectivity index (χ4n) is 5.63. The molecule has 3 aliphatic rings. The van der Waals surface area contributed by atoms with Crippen molar-refractivity contribution in [3.05, 3.63) is 118 Å². The van der Waals surface area contributed by atoms with Crippen LogP contribution in [0.15, 0.2) is 111 Å². The van der Waals surface area contributed by atoms with Gasteiger partial charge in [0.05, 0.1) is 22.3 Å². The Morgan fingerprint density at radius 1 is 0.929 bits per heavy atom. The summed E-state index contributed by atoms with van der Waals surface area (Å²) in [5.74, 6) is -0.539. The lowest BCUT2D eigenvalue weighted by molar-refractivity contribution is -0.125. The predicted molar refractivity (Wildman–Crippen MR) is 165 cm³/mol. The van der Waals surface area contributed by atoms with Crippen LogP contribution in [0.2, 0.25) is 0 Å². The Balaban J connectivity index is 1.20. The highest BCUT2D eigenvalue weighted by Gasteiger charge is 2.44. The molecule has 1 fully saturated rings. The fourth-order valence-corrected chi connectivity index (χ4v) is 8.66. The average Bonchev–Trinajstić information content (AvgIpc) is 3.74. The van der Waals surface area contributed by atoms with Crippen molar-refractivity contribution in [2.45, 2.75) is 23.8 Å². The maximum absolute atomic E-state index is 13.4. The molecule has 11 heteroatoms. The number of thioether (sulfide) groups is 1. The second-order valence-electron chi connectivity index (χ2n) is 10.1. The molecule has 3 heterocycles. The van der Waals surface area contributed by atoms with Gasteiger partial charge in [0.15, 0.2) is 5.17 Å². The van der Waals surface area contributed by atoms with Crippen molar-refractivity contribution in [3.63, 3.8) is 0 Å². The van der Waals surface area contributed by atoms with E-state index in [-0.39, 0.29) is 34.0 Å². The van der Waals surface area contributed by atoms with Crippen LogP contribution in [0.4, 0.5) is 5.69 Å². The lowest BCUT2D eigenvalue weighted by Crippen LogP contribution is -2.43. The topological polar surface area (TPSA) is 99.5 Å². The minimum Gasteiger partial charge on any atom is -0.274 e. The molecule has 3 aromatic carbocycles. The fraction of sp³-hybridized carbons (Fsp3) is 0.161. The maximum Gasteiger partial charge on any atom is 0.284 e. The molecule has 1 saturated heterocycles. The van der Waals surface area contributed by atoms with Crippen LogP contribution in [0.25, 0.3) is 0 Å². The van der Waals surface area contributed by atoms with E-state index < -0.39 is 21.8 Å². The Labute approximate surface area is 251 Å². The zero-order chi connectivity index (χ0) is 28.8. The van der Waals surface area contributed by atoms with E-state index in [2.05, 4.69) is 34.0 Å². The molecule has 2 aliphatic heterocycles. The summed E-state index contributed by atoms with van der Waals surface area (Å²) in [4.78, 5) is 27.9. The van der Waals surface area contributed by atoms with Crippen LogP contribution in [0, 0.1) is 5.92 Å². The standard InChI is InChI=1S/C31H24N4O4S3/c36-27-16-18-41-31(34(27)30(37)20-7-2-1-3-8-20)33-42(38,39)23-14-12-22(13-15-23)35-29(26-11-6-17-40-26)25-19-21-9-4-5-10-24(21)28(25)32-35/h1-15,17,25,29H,16,18-19H2/b33-31-. The molecule has 0 saturated carbocycles. The van der Waals surface area contributed by atoms with Crippen molar-refractivity contribution < 1.29 is 18.0 Å². The first-order valence-corrected chi connectivity index (χ1v) is 16.7. The molecule has 0 spiro atoms. The van der Waals surface area contributed by atoms with E-state index in [9.17, 15) is 18.0 Å². The van der Waals surface area contributed by atoms with Crippen LogP contribution in [-0.2, 0) is 21.2 Å². The number of fused-ring (bicyclic) bond motifs is 3. The predicted octanol–water partition coefficient (Wildman–Crippen LogP) is 5.74. The quantitative estimate of drug-likeness (QED) is 0.267. The molecule has 0 radical (unpaired) electrons. The first-order valence-electron chi connectivity index (χ1n) is 13.4. The number of amides is 2. The molecule has 4 aromatic rings. The summed E-state index contributed by atoms with van der Waals surface area (Å²) in [6.45, 7) is 0. The van der Waals surface area contributed by atoms with Crippen LogP contribution in [0.3, 0.4) is 0 Å². The number of imide groups is 1. The summed E-state index contributed by atoms with van der Waals surface area (Å²) in [5, 5.41) is 8.95. The van der Waals surface area contributed by atoms with Crippen molar-refractivity contribution in [1.29, 1.82) is 0 Å². The largest absolute Gasteiger partial charge is 0.284 e. The summed E-state index contributed by atoms with van der Waals surface area (Å²) in [6, 6.07) is 27.3. The van der Waals surface area contributed by atoms with E-state index >= 15 is 0 Å². The van der Waals surface area contributed by atoms with Crippen molar-refractivity contribution >= 4 is 61.5 Å². The van der Waals surface area contributed by atoms with E-state index in [0.717, 1.165) is 40.0 Å². The molecule has 1 aromatic heterocycles. The highest BCUT2D eigenvalue weighted by molar-refractivity contribution is 8.14. The van der Waals surface area contributed by atoms with E-state index in [0.29, 0.717) is 5.75 Å². The van der Waals surface area contributed by atoms with Crippen LogP contribution in [0.5, 0.6) is 0 Å². The van der Waals surface area contributed by atoms with Gasteiger partial charge in [0, 0.05) is 34.1 Å². The average molecular weight is 613 g/mol. The van der Waals surface area contributed by atoms with Gasteiger partial charge in [-0.2, -0.15) is 13.5 Å². The minimum absolute atomic E-state index is 0.00249. The van der Waals surface area contributed by atoms with Crippen molar-refractivity contribution in [3.8, 4) is 0 Å². The second kappa shape index (κ2) is 10.6. The zero-order valence-corrected chi connectivity index (χ0v) is 24.6. The smallest absolute Gasteiger partial charge is 0.274 e. The van der Waals surface area contributed by atoms with Gasteiger partial charge in [-0.25, -0.2) is 4.90 Å². The maximum atomic E-state index is 13.4. The number of benzene rings is 3. The number of hydrogen-bond donors (Lipinski definition) is 0. The third-order valence-corrected chi connectivity index (χ3v) is 10.9. The molecule has 0 N–H and O–H groups in total. The van der Waals surface area contributed by atoms with Crippen molar-refractivity contribution in [1.82, 2.24) is 4.90 Å². The summed E-state index contributed by atoms with van der Waals surface area (Å²) >= 11 is 2.76. The number of carbonyl (C=O) groups is 2. The Kier molecular flexibility index (Phi) is 6.80. The Morgan fingerprint density at radius 3 is 2.45 bits per heavy atom. The Hall–Kier alpha value is -4.06. The van der Waals surface area contributed by atoms with Gasteiger partial charge in [-0.15, -0.1) is 15.7 Å². The minimum atomic E-state index is -4.22. The van der Waals surface area contributed by atoms with Gasteiger partial charge in [-0.1, -0.05) is 60.3 Å². The van der Waals surface area contributed by atoms with Crippen LogP contribution >= 0.6 is 23.1 Å². The molecule has 2 amide bonds. The van der Waals surface area contributed by atoms with Crippen LogP contribution < -0.4 is 5.01 Å². The molecule has 42 heavy (non-hydrogen) atoms. The third-order valence-electron chi connectivity index (χ3n) is 7.59. The van der Waals surface area contributed by atoms with Gasteiger partial charge >= 0.3 is 0 Å². The molecule has 2 unspecified atom stereocenters. The van der Waals surface area contributed by atoms with Crippen LogP contribution in [0.1, 0.15) is 38.8 Å². The monoisotopic (exact) mass is 612 g/mol. The number of rotatable bonds is 5. The summed E-state index contributed by atoms with van der Waals surface area (Å²) in [7, 11) is -4.22. The van der Waals surface area contributed by atoms with Gasteiger partial charge < -0.3 is 0 Å². The van der Waals surface area contributed by atoms with Crippen molar-refractivity contribution in [2.24, 2.45) is 15.4 Å². The summed E-state index contributed by atoms with van der Waals surface area (Å²) in [6.07, 6.45) is 1.01. The second-order valence-corrected chi connectivity index (χ2v) is 13.7. The number of hydrazone groups is 1. The SMILES string of the molecule is O=C1CCS/C(=N\S(=O)(=O)c2ccc(N3N=C4c5ccccc5CC4C3c3cccs3)cc2)N1C(=O)c1ccccc1. The number of thiophene rings is 1.